The molecule has 2 aromatic heterocycles. The van der Waals surface area contributed by atoms with E-state index >= 15 is 0 Å². The topological polar surface area (TPSA) is 88.1 Å². The minimum absolute atomic E-state index is 0.0173. The Kier molecular flexibility index (Phi) is 2.44. The molecule has 1 unspecified atom stereocenters. The maximum absolute atomic E-state index is 11.0. The third-order valence-corrected chi connectivity index (χ3v) is 3.63. The van der Waals surface area contributed by atoms with Gasteiger partial charge in [-0.15, -0.1) is 0 Å². The van der Waals surface area contributed by atoms with Crippen molar-refractivity contribution in [1.29, 1.82) is 0 Å². The number of pyridine rings is 1. The first kappa shape index (κ1) is 11.9. The Bertz CT molecular complexity index is 856. The van der Waals surface area contributed by atoms with Gasteiger partial charge in [-0.3, -0.25) is 0 Å². The van der Waals surface area contributed by atoms with Crippen molar-refractivity contribution in [1.82, 2.24) is 15.0 Å². The van der Waals surface area contributed by atoms with E-state index < -0.39 is 5.97 Å². The van der Waals surface area contributed by atoms with Gasteiger partial charge in [0.2, 0.25) is 0 Å². The number of hydrogen-bond acceptors (Lipinski definition) is 4. The fourth-order valence-corrected chi connectivity index (χ4v) is 2.59. The van der Waals surface area contributed by atoms with E-state index in [1.54, 1.807) is 6.07 Å². The maximum Gasteiger partial charge on any atom is 0.337 e. The van der Waals surface area contributed by atoms with Crippen LogP contribution in [0.2, 0.25) is 0 Å². The molecule has 0 fully saturated rings. The van der Waals surface area contributed by atoms with Gasteiger partial charge >= 0.3 is 5.97 Å². The van der Waals surface area contributed by atoms with E-state index in [4.69, 9.17) is 9.84 Å². The van der Waals surface area contributed by atoms with Gasteiger partial charge < -0.3 is 14.8 Å². The number of imidazole rings is 1. The number of hydrogen-bond donors (Lipinski definition) is 2. The highest BCUT2D eigenvalue weighted by atomic mass is 16.5. The highest BCUT2D eigenvalue weighted by Gasteiger charge is 2.28. The average molecular weight is 281 g/mol. The molecule has 1 atom stereocenters. The standard InChI is InChI=1S/C15H11N3O3/c19-15(20)8-5-11-14(16-6-8)18-13(17-11)10-7-21-12-4-2-1-3-9(10)12/h1-6,10H,7H2,(H,19,20)(H,16,17,18). The van der Waals surface area contributed by atoms with E-state index in [0.29, 0.717) is 17.8 Å². The molecule has 0 spiro atoms. The SMILES string of the molecule is O=C(O)c1cnc2nc(C3COc4ccccc43)[nH]c2c1. The second-order valence-electron chi connectivity index (χ2n) is 4.92. The van der Waals surface area contributed by atoms with Crippen molar-refractivity contribution in [3.8, 4) is 5.75 Å². The third-order valence-electron chi connectivity index (χ3n) is 3.63. The zero-order chi connectivity index (χ0) is 14.4. The third kappa shape index (κ3) is 1.84. The van der Waals surface area contributed by atoms with E-state index in [9.17, 15) is 4.79 Å². The maximum atomic E-state index is 11.0. The van der Waals surface area contributed by atoms with Crippen molar-refractivity contribution in [2.24, 2.45) is 0 Å². The number of nitrogens with one attached hydrogen (secondary N) is 1. The lowest BCUT2D eigenvalue weighted by atomic mass is 10.0. The number of aromatic carboxylic acids is 1. The van der Waals surface area contributed by atoms with E-state index in [1.807, 2.05) is 24.3 Å². The van der Waals surface area contributed by atoms with Gasteiger partial charge in [0.15, 0.2) is 5.65 Å². The summed E-state index contributed by atoms with van der Waals surface area (Å²) in [7, 11) is 0. The van der Waals surface area contributed by atoms with E-state index in [1.165, 1.54) is 6.20 Å². The first-order valence-electron chi connectivity index (χ1n) is 6.53. The first-order valence-corrected chi connectivity index (χ1v) is 6.53. The zero-order valence-corrected chi connectivity index (χ0v) is 10.9. The number of aromatic amines is 1. The van der Waals surface area contributed by atoms with Crippen molar-refractivity contribution < 1.29 is 14.6 Å². The predicted molar refractivity (Wildman–Crippen MR) is 74.6 cm³/mol. The van der Waals surface area contributed by atoms with Gasteiger partial charge in [-0.05, 0) is 12.1 Å². The molecule has 1 aliphatic rings. The molecule has 0 saturated carbocycles. The summed E-state index contributed by atoms with van der Waals surface area (Å²) >= 11 is 0. The number of para-hydroxylation sites is 1. The molecule has 0 radical (unpaired) electrons. The predicted octanol–water partition coefficient (Wildman–Crippen LogP) is 2.18. The number of aromatic nitrogens is 3. The minimum atomic E-state index is -1.00. The number of carbonyl (C=O) groups is 1. The lowest BCUT2D eigenvalue weighted by molar-refractivity contribution is 0.0696. The number of fused-ring (bicyclic) bond motifs is 2. The molecule has 1 aliphatic heterocycles. The number of carboxylic acids is 1. The number of carboxylic acid groups (broad SMARTS) is 1. The van der Waals surface area contributed by atoms with E-state index in [2.05, 4.69) is 15.0 Å². The summed E-state index contributed by atoms with van der Waals surface area (Å²) in [6, 6.07) is 9.38. The molecule has 0 saturated heterocycles. The molecule has 3 heterocycles. The van der Waals surface area contributed by atoms with E-state index in [0.717, 1.165) is 17.1 Å². The van der Waals surface area contributed by atoms with Crippen LogP contribution in [0, 0.1) is 0 Å². The van der Waals surface area contributed by atoms with Crippen LogP contribution in [-0.4, -0.2) is 32.6 Å². The fraction of sp³-hybridized carbons (Fsp3) is 0.133. The molecule has 6 heteroatoms. The van der Waals surface area contributed by atoms with Crippen molar-refractivity contribution in [3.05, 3.63) is 53.5 Å². The number of ether oxygens (including phenoxy) is 1. The molecule has 4 rings (SSSR count). The monoisotopic (exact) mass is 281 g/mol. The Morgan fingerprint density at radius 1 is 1.38 bits per heavy atom. The molecule has 104 valence electrons. The molecule has 0 amide bonds. The molecule has 6 nitrogen and oxygen atoms in total. The van der Waals surface area contributed by atoms with Gasteiger partial charge in [0.05, 0.1) is 17.0 Å². The van der Waals surface area contributed by atoms with Crippen LogP contribution in [0.4, 0.5) is 0 Å². The quantitative estimate of drug-likeness (QED) is 0.751. The zero-order valence-electron chi connectivity index (χ0n) is 10.9. The molecule has 21 heavy (non-hydrogen) atoms. The van der Waals surface area contributed by atoms with Crippen LogP contribution in [0.1, 0.15) is 27.7 Å². The summed E-state index contributed by atoms with van der Waals surface area (Å²) in [6.45, 7) is 0.519. The van der Waals surface area contributed by atoms with Crippen LogP contribution < -0.4 is 4.74 Å². The van der Waals surface area contributed by atoms with Gasteiger partial charge in [0.1, 0.15) is 18.2 Å². The summed E-state index contributed by atoms with van der Waals surface area (Å²) in [5.74, 6) is 0.617. The Labute approximate surface area is 119 Å². The van der Waals surface area contributed by atoms with Gasteiger partial charge in [0.25, 0.3) is 0 Å². The Morgan fingerprint density at radius 2 is 2.24 bits per heavy atom. The number of nitrogens with zero attached hydrogens (tertiary/aromatic N) is 2. The molecule has 0 bridgehead atoms. The Morgan fingerprint density at radius 3 is 3.10 bits per heavy atom. The highest BCUT2D eigenvalue weighted by molar-refractivity contribution is 5.90. The van der Waals surface area contributed by atoms with Gasteiger partial charge in [-0.25, -0.2) is 14.8 Å². The summed E-state index contributed by atoms with van der Waals surface area (Å²) in [4.78, 5) is 22.7. The second kappa shape index (κ2) is 4.31. The van der Waals surface area contributed by atoms with E-state index in [-0.39, 0.29) is 11.5 Å². The second-order valence-corrected chi connectivity index (χ2v) is 4.92. The summed E-state index contributed by atoms with van der Waals surface area (Å²) in [5.41, 5.74) is 2.35. The van der Waals surface area contributed by atoms with Crippen LogP contribution in [0.25, 0.3) is 11.2 Å². The van der Waals surface area contributed by atoms with Crippen molar-refractivity contribution >= 4 is 17.1 Å². The van der Waals surface area contributed by atoms with Gasteiger partial charge in [-0.1, -0.05) is 18.2 Å². The molecule has 3 aromatic rings. The molecular formula is C15H11N3O3. The van der Waals surface area contributed by atoms with Crippen LogP contribution >= 0.6 is 0 Å². The van der Waals surface area contributed by atoms with Crippen LogP contribution in [-0.2, 0) is 0 Å². The molecule has 1 aromatic carbocycles. The fourth-order valence-electron chi connectivity index (χ4n) is 2.59. The largest absolute Gasteiger partial charge is 0.492 e. The van der Waals surface area contributed by atoms with Crippen LogP contribution in [0.5, 0.6) is 5.75 Å². The number of benzene rings is 1. The van der Waals surface area contributed by atoms with Gasteiger partial charge in [-0.2, -0.15) is 0 Å². The summed E-state index contributed by atoms with van der Waals surface area (Å²) < 4.78 is 5.65. The Balaban J connectivity index is 1.80. The normalized spacial score (nSPS) is 16.7. The Hall–Kier alpha value is -2.89. The van der Waals surface area contributed by atoms with Gasteiger partial charge in [0, 0.05) is 11.8 Å². The smallest absolute Gasteiger partial charge is 0.337 e. The molecule has 2 N–H and O–H groups in total. The lowest BCUT2D eigenvalue weighted by Crippen LogP contribution is -2.04. The van der Waals surface area contributed by atoms with Crippen molar-refractivity contribution in [3.63, 3.8) is 0 Å². The van der Waals surface area contributed by atoms with Crippen molar-refractivity contribution in [2.45, 2.75) is 5.92 Å². The lowest BCUT2D eigenvalue weighted by Gasteiger charge is -2.03. The summed E-state index contributed by atoms with van der Waals surface area (Å²) in [6.07, 6.45) is 1.31. The summed E-state index contributed by atoms with van der Waals surface area (Å²) in [5, 5.41) is 9.00. The van der Waals surface area contributed by atoms with Crippen LogP contribution in [0.15, 0.2) is 36.5 Å². The van der Waals surface area contributed by atoms with Crippen molar-refractivity contribution in [2.75, 3.05) is 6.61 Å². The van der Waals surface area contributed by atoms with Crippen LogP contribution in [0.3, 0.4) is 0 Å². The number of rotatable bonds is 2. The minimum Gasteiger partial charge on any atom is -0.492 e. The molecular weight excluding hydrogens is 270 g/mol. The first-order chi connectivity index (χ1) is 10.2. The average Bonchev–Trinajstić information content (AvgIpc) is 3.09. The number of H-pyrrole nitrogens is 1. The highest BCUT2D eigenvalue weighted by Crippen LogP contribution is 2.37. The molecule has 0 aliphatic carbocycles.